The highest BCUT2D eigenvalue weighted by molar-refractivity contribution is 6.00. The molecule has 0 spiro atoms. The van der Waals surface area contributed by atoms with Gasteiger partial charge in [0.2, 0.25) is 0 Å². The Bertz CT molecular complexity index is 749. The number of ether oxygens (including phenoxy) is 2. The lowest BCUT2D eigenvalue weighted by atomic mass is 10.0. The van der Waals surface area contributed by atoms with Crippen molar-refractivity contribution in [3.8, 4) is 5.75 Å². The lowest BCUT2D eigenvalue weighted by Gasteiger charge is -2.26. The van der Waals surface area contributed by atoms with E-state index in [9.17, 15) is 9.59 Å². The number of carbonyl (C=O) groups is 2. The normalized spacial score (nSPS) is 14.2. The Labute approximate surface area is 147 Å². The highest BCUT2D eigenvalue weighted by atomic mass is 16.5. The second kappa shape index (κ2) is 7.94. The van der Waals surface area contributed by atoms with Crippen molar-refractivity contribution < 1.29 is 19.1 Å². The van der Waals surface area contributed by atoms with Crippen LogP contribution >= 0.6 is 0 Å². The van der Waals surface area contributed by atoms with Crippen molar-refractivity contribution in [3.05, 3.63) is 65.2 Å². The molecule has 1 amide bonds. The smallest absolute Gasteiger partial charge is 0.254 e. The molecule has 1 saturated heterocycles. The summed E-state index contributed by atoms with van der Waals surface area (Å²) in [6, 6.07) is 14.3. The summed E-state index contributed by atoms with van der Waals surface area (Å²) in [6.45, 7) is 2.35. The third-order valence-corrected chi connectivity index (χ3v) is 4.30. The predicted octanol–water partition coefficient (Wildman–Crippen LogP) is 2.59. The number of hydrogen-bond donors (Lipinski definition) is 0. The van der Waals surface area contributed by atoms with E-state index in [4.69, 9.17) is 9.47 Å². The highest BCUT2D eigenvalue weighted by Gasteiger charge is 2.19. The van der Waals surface area contributed by atoms with E-state index in [0.29, 0.717) is 43.2 Å². The second-order valence-electron chi connectivity index (χ2n) is 5.89. The van der Waals surface area contributed by atoms with E-state index in [1.165, 1.54) is 0 Å². The van der Waals surface area contributed by atoms with Crippen LogP contribution in [0.5, 0.6) is 5.75 Å². The topological polar surface area (TPSA) is 55.8 Å². The Morgan fingerprint density at radius 1 is 1.00 bits per heavy atom. The molecule has 2 aromatic rings. The number of ketones is 1. The molecule has 1 aliphatic rings. The molecule has 0 unspecified atom stereocenters. The van der Waals surface area contributed by atoms with E-state index >= 15 is 0 Å². The summed E-state index contributed by atoms with van der Waals surface area (Å²) in [7, 11) is 1.59. The van der Waals surface area contributed by atoms with Crippen LogP contribution in [0.4, 0.5) is 0 Å². The van der Waals surface area contributed by atoms with Gasteiger partial charge in [-0.15, -0.1) is 0 Å². The number of methoxy groups -OCH3 is 1. The average Bonchev–Trinajstić information content (AvgIpc) is 2.68. The molecule has 2 aromatic carbocycles. The minimum atomic E-state index is -0.0213. The Hall–Kier alpha value is -2.66. The number of carbonyl (C=O) groups excluding carboxylic acids is 2. The molecule has 130 valence electrons. The predicted molar refractivity (Wildman–Crippen MR) is 94.2 cm³/mol. The zero-order chi connectivity index (χ0) is 17.6. The number of rotatable bonds is 5. The minimum absolute atomic E-state index is 0.00475. The molecule has 25 heavy (non-hydrogen) atoms. The number of Topliss-reactive ketones (excluding diaryl/α,β-unsaturated/α-hetero) is 1. The van der Waals surface area contributed by atoms with Crippen molar-refractivity contribution in [1.29, 1.82) is 0 Å². The van der Waals surface area contributed by atoms with Crippen LogP contribution in [0.15, 0.2) is 48.5 Å². The van der Waals surface area contributed by atoms with Gasteiger partial charge < -0.3 is 14.4 Å². The van der Waals surface area contributed by atoms with E-state index in [0.717, 1.165) is 5.56 Å². The van der Waals surface area contributed by atoms with Crippen molar-refractivity contribution in [2.75, 3.05) is 33.4 Å². The number of para-hydroxylation sites is 1. The molecule has 0 radical (unpaired) electrons. The van der Waals surface area contributed by atoms with Gasteiger partial charge in [0, 0.05) is 36.2 Å². The quantitative estimate of drug-likeness (QED) is 0.786. The Balaban J connectivity index is 1.69. The maximum Gasteiger partial charge on any atom is 0.254 e. The van der Waals surface area contributed by atoms with Gasteiger partial charge in [0.1, 0.15) is 5.75 Å². The summed E-state index contributed by atoms with van der Waals surface area (Å²) in [5.74, 6) is 0.678. The standard InChI is InChI=1S/C20H21NO4/c1-24-19-5-3-2-4-17(19)14-18(22)15-6-8-16(9-7-15)20(23)21-10-12-25-13-11-21/h2-9H,10-14H2,1H3. The molecule has 1 aliphatic heterocycles. The molecular weight excluding hydrogens is 318 g/mol. The number of nitrogens with zero attached hydrogens (tertiary/aromatic N) is 1. The zero-order valence-corrected chi connectivity index (χ0v) is 14.2. The number of benzene rings is 2. The van der Waals surface area contributed by atoms with E-state index < -0.39 is 0 Å². The molecule has 0 saturated carbocycles. The van der Waals surface area contributed by atoms with E-state index in [1.807, 2.05) is 24.3 Å². The number of morpholine rings is 1. The summed E-state index contributed by atoms with van der Waals surface area (Å²) in [5, 5.41) is 0. The summed E-state index contributed by atoms with van der Waals surface area (Å²) in [5.41, 5.74) is 2.03. The molecule has 1 heterocycles. The van der Waals surface area contributed by atoms with Crippen LogP contribution in [-0.2, 0) is 11.2 Å². The first-order chi connectivity index (χ1) is 12.2. The van der Waals surface area contributed by atoms with Crippen molar-refractivity contribution in [2.45, 2.75) is 6.42 Å². The first-order valence-corrected chi connectivity index (χ1v) is 8.31. The molecule has 0 atom stereocenters. The molecule has 5 nitrogen and oxygen atoms in total. The van der Waals surface area contributed by atoms with Gasteiger partial charge >= 0.3 is 0 Å². The van der Waals surface area contributed by atoms with Gasteiger partial charge in [-0.3, -0.25) is 9.59 Å². The van der Waals surface area contributed by atoms with E-state index in [-0.39, 0.29) is 18.1 Å². The summed E-state index contributed by atoms with van der Waals surface area (Å²) in [4.78, 5) is 26.7. The molecule has 0 bridgehead atoms. The van der Waals surface area contributed by atoms with Crippen LogP contribution in [0.2, 0.25) is 0 Å². The van der Waals surface area contributed by atoms with E-state index in [2.05, 4.69) is 0 Å². The maximum absolute atomic E-state index is 12.5. The largest absolute Gasteiger partial charge is 0.496 e. The minimum Gasteiger partial charge on any atom is -0.496 e. The monoisotopic (exact) mass is 339 g/mol. The van der Waals surface area contributed by atoms with Crippen molar-refractivity contribution in [3.63, 3.8) is 0 Å². The molecule has 0 aliphatic carbocycles. The van der Waals surface area contributed by atoms with Crippen LogP contribution in [0.1, 0.15) is 26.3 Å². The molecule has 1 fully saturated rings. The first-order valence-electron chi connectivity index (χ1n) is 8.31. The molecule has 0 aromatic heterocycles. The summed E-state index contributed by atoms with van der Waals surface area (Å²) >= 11 is 0. The molecule has 5 heteroatoms. The molecular formula is C20H21NO4. The van der Waals surface area contributed by atoms with Crippen LogP contribution < -0.4 is 4.74 Å². The third-order valence-electron chi connectivity index (χ3n) is 4.30. The Morgan fingerprint density at radius 3 is 2.32 bits per heavy atom. The molecule has 3 rings (SSSR count). The lowest BCUT2D eigenvalue weighted by Crippen LogP contribution is -2.40. The highest BCUT2D eigenvalue weighted by Crippen LogP contribution is 2.20. The maximum atomic E-state index is 12.5. The van der Waals surface area contributed by atoms with Gasteiger partial charge in [0.25, 0.3) is 5.91 Å². The van der Waals surface area contributed by atoms with Crippen molar-refractivity contribution in [1.82, 2.24) is 4.90 Å². The van der Waals surface area contributed by atoms with Gasteiger partial charge in [0.15, 0.2) is 5.78 Å². The number of amides is 1. The second-order valence-corrected chi connectivity index (χ2v) is 5.89. The Morgan fingerprint density at radius 2 is 1.64 bits per heavy atom. The third kappa shape index (κ3) is 4.06. The fraction of sp³-hybridized carbons (Fsp3) is 0.300. The van der Waals surface area contributed by atoms with Gasteiger partial charge in [-0.1, -0.05) is 30.3 Å². The first kappa shape index (κ1) is 17.2. The Kier molecular flexibility index (Phi) is 5.46. The zero-order valence-electron chi connectivity index (χ0n) is 14.2. The average molecular weight is 339 g/mol. The van der Waals surface area contributed by atoms with Gasteiger partial charge in [-0.05, 0) is 18.2 Å². The van der Waals surface area contributed by atoms with Crippen LogP contribution in [0, 0.1) is 0 Å². The van der Waals surface area contributed by atoms with Gasteiger partial charge in [0.05, 0.1) is 20.3 Å². The van der Waals surface area contributed by atoms with Gasteiger partial charge in [-0.2, -0.15) is 0 Å². The van der Waals surface area contributed by atoms with Crippen LogP contribution in [0.25, 0.3) is 0 Å². The summed E-state index contributed by atoms with van der Waals surface area (Å²) in [6.07, 6.45) is 0.265. The van der Waals surface area contributed by atoms with Crippen molar-refractivity contribution >= 4 is 11.7 Å². The summed E-state index contributed by atoms with van der Waals surface area (Å²) < 4.78 is 10.6. The number of hydrogen-bond acceptors (Lipinski definition) is 4. The van der Waals surface area contributed by atoms with E-state index in [1.54, 1.807) is 36.3 Å². The van der Waals surface area contributed by atoms with Gasteiger partial charge in [-0.25, -0.2) is 0 Å². The fourth-order valence-corrected chi connectivity index (χ4v) is 2.87. The molecule has 0 N–H and O–H groups in total. The van der Waals surface area contributed by atoms with Crippen LogP contribution in [0.3, 0.4) is 0 Å². The van der Waals surface area contributed by atoms with Crippen molar-refractivity contribution in [2.24, 2.45) is 0 Å². The SMILES string of the molecule is COc1ccccc1CC(=O)c1ccc(C(=O)N2CCOCC2)cc1. The fourth-order valence-electron chi connectivity index (χ4n) is 2.87. The van der Waals surface area contributed by atoms with Crippen LogP contribution in [-0.4, -0.2) is 50.0 Å². The lowest BCUT2D eigenvalue weighted by molar-refractivity contribution is 0.0303.